The number of benzene rings is 1. The quantitative estimate of drug-likeness (QED) is 0.454. The van der Waals surface area contributed by atoms with E-state index >= 15 is 0 Å². The van der Waals surface area contributed by atoms with Gasteiger partial charge >= 0.3 is 5.97 Å². The van der Waals surface area contributed by atoms with Crippen LogP contribution in [0.5, 0.6) is 0 Å². The van der Waals surface area contributed by atoms with Crippen LogP contribution in [0.1, 0.15) is 48.5 Å². The lowest BCUT2D eigenvalue weighted by Crippen LogP contribution is -2.24. The fraction of sp³-hybridized carbons (Fsp3) is 0.400. The third-order valence-corrected chi connectivity index (χ3v) is 4.26. The van der Waals surface area contributed by atoms with Gasteiger partial charge in [-0.05, 0) is 55.7 Å². The van der Waals surface area contributed by atoms with Gasteiger partial charge in [0.2, 0.25) is 0 Å². The zero-order valence-electron chi connectivity index (χ0n) is 13.6. The molecule has 0 unspecified atom stereocenters. The van der Waals surface area contributed by atoms with Crippen molar-refractivity contribution in [2.24, 2.45) is 5.92 Å². The van der Waals surface area contributed by atoms with Gasteiger partial charge in [0.1, 0.15) is 6.10 Å². The Morgan fingerprint density at radius 3 is 2.52 bits per heavy atom. The van der Waals surface area contributed by atoms with Crippen molar-refractivity contribution in [2.75, 3.05) is 0 Å². The van der Waals surface area contributed by atoms with Gasteiger partial charge in [-0.15, -0.1) is 0 Å². The summed E-state index contributed by atoms with van der Waals surface area (Å²) in [5.41, 5.74) is 1.85. The lowest BCUT2D eigenvalue weighted by molar-refractivity contribution is 0.0185. The molecule has 3 nitrogen and oxygen atoms in total. The minimum atomic E-state index is -0.219. The van der Waals surface area contributed by atoms with Crippen LogP contribution < -0.4 is 0 Å². The molecule has 0 amide bonds. The van der Waals surface area contributed by atoms with E-state index in [9.17, 15) is 4.79 Å². The molecule has 23 heavy (non-hydrogen) atoms. The summed E-state index contributed by atoms with van der Waals surface area (Å²) in [6.07, 6.45) is 12.1. The Morgan fingerprint density at radius 1 is 1.22 bits per heavy atom. The van der Waals surface area contributed by atoms with Crippen LogP contribution in [-0.2, 0) is 11.2 Å². The summed E-state index contributed by atoms with van der Waals surface area (Å²) in [5.74, 6) is 0.292. The van der Waals surface area contributed by atoms with E-state index in [1.807, 2.05) is 36.4 Å². The number of esters is 1. The lowest BCUT2D eigenvalue weighted by Gasteiger charge is -2.26. The maximum Gasteiger partial charge on any atom is 0.338 e. The summed E-state index contributed by atoms with van der Waals surface area (Å²) >= 11 is 0. The third kappa shape index (κ3) is 5.41. The predicted octanol–water partition coefficient (Wildman–Crippen LogP) is 4.60. The van der Waals surface area contributed by atoms with E-state index in [0.717, 1.165) is 32.1 Å². The Morgan fingerprint density at radius 2 is 1.91 bits per heavy atom. The van der Waals surface area contributed by atoms with Crippen LogP contribution in [0.15, 0.2) is 48.6 Å². The van der Waals surface area contributed by atoms with Gasteiger partial charge < -0.3 is 4.74 Å². The molecule has 0 aromatic heterocycles. The molecular weight excluding hydrogens is 286 g/mol. The van der Waals surface area contributed by atoms with Gasteiger partial charge in [0.05, 0.1) is 11.6 Å². The van der Waals surface area contributed by atoms with Gasteiger partial charge in [-0.25, -0.2) is 4.79 Å². The molecule has 0 heterocycles. The van der Waals surface area contributed by atoms with Crippen molar-refractivity contribution in [2.45, 2.75) is 45.1 Å². The fourth-order valence-corrected chi connectivity index (χ4v) is 2.81. The summed E-state index contributed by atoms with van der Waals surface area (Å²) in [6.45, 7) is 2.09. The second-order valence-electron chi connectivity index (χ2n) is 5.87. The highest BCUT2D eigenvalue weighted by Gasteiger charge is 2.22. The van der Waals surface area contributed by atoms with Crippen molar-refractivity contribution in [3.8, 4) is 6.07 Å². The number of nitrogens with zero attached hydrogens (tertiary/aromatic N) is 1. The molecule has 0 aliphatic heterocycles. The first-order valence-corrected chi connectivity index (χ1v) is 8.25. The molecule has 0 bridgehead atoms. The highest BCUT2D eigenvalue weighted by molar-refractivity contribution is 5.89. The highest BCUT2D eigenvalue weighted by atomic mass is 16.5. The first-order valence-electron chi connectivity index (χ1n) is 8.25. The molecule has 120 valence electrons. The Bertz CT molecular complexity index is 600. The lowest BCUT2D eigenvalue weighted by atomic mass is 9.87. The van der Waals surface area contributed by atoms with E-state index in [-0.39, 0.29) is 12.1 Å². The summed E-state index contributed by atoms with van der Waals surface area (Å²) in [6, 6.07) is 9.61. The van der Waals surface area contributed by atoms with Crippen LogP contribution in [0.2, 0.25) is 0 Å². The minimum Gasteiger partial charge on any atom is -0.459 e. The van der Waals surface area contributed by atoms with Crippen LogP contribution >= 0.6 is 0 Å². The second kappa shape index (κ2) is 8.95. The van der Waals surface area contributed by atoms with Crippen LogP contribution in [0.25, 0.3) is 0 Å². The molecule has 1 aromatic carbocycles. The first-order chi connectivity index (χ1) is 11.2. The number of aryl methyl sites for hydroxylation is 1. The second-order valence-corrected chi connectivity index (χ2v) is 5.87. The summed E-state index contributed by atoms with van der Waals surface area (Å²) in [7, 11) is 0. The molecule has 0 N–H and O–H groups in total. The van der Waals surface area contributed by atoms with Gasteiger partial charge in [0.25, 0.3) is 0 Å². The molecule has 2 rings (SSSR count). The topological polar surface area (TPSA) is 50.1 Å². The van der Waals surface area contributed by atoms with E-state index in [2.05, 4.69) is 13.0 Å². The van der Waals surface area contributed by atoms with E-state index in [1.54, 1.807) is 6.08 Å². The van der Waals surface area contributed by atoms with Gasteiger partial charge in [0.15, 0.2) is 0 Å². The number of rotatable bonds is 5. The summed E-state index contributed by atoms with van der Waals surface area (Å²) < 4.78 is 5.62. The molecule has 1 fully saturated rings. The monoisotopic (exact) mass is 309 g/mol. The molecule has 1 saturated carbocycles. The molecule has 0 atom stereocenters. The largest absolute Gasteiger partial charge is 0.459 e. The Hall–Kier alpha value is -2.34. The van der Waals surface area contributed by atoms with Crippen molar-refractivity contribution in [3.05, 3.63) is 59.7 Å². The Kier molecular flexibility index (Phi) is 6.62. The third-order valence-electron chi connectivity index (χ3n) is 4.26. The molecule has 1 aliphatic carbocycles. The number of allylic oxidation sites excluding steroid dienone is 4. The molecule has 3 heteroatoms. The normalized spacial score (nSPS) is 21.4. The van der Waals surface area contributed by atoms with Crippen molar-refractivity contribution in [1.82, 2.24) is 0 Å². The molecule has 0 radical (unpaired) electrons. The highest BCUT2D eigenvalue weighted by Crippen LogP contribution is 2.27. The zero-order valence-corrected chi connectivity index (χ0v) is 13.6. The average molecular weight is 309 g/mol. The number of ether oxygens (including phenoxy) is 1. The zero-order chi connectivity index (χ0) is 16.5. The van der Waals surface area contributed by atoms with Crippen molar-refractivity contribution < 1.29 is 9.53 Å². The van der Waals surface area contributed by atoms with Gasteiger partial charge in [-0.2, -0.15) is 5.26 Å². The van der Waals surface area contributed by atoms with Gasteiger partial charge in [-0.1, -0.05) is 37.3 Å². The molecule has 1 aromatic rings. The average Bonchev–Trinajstić information content (AvgIpc) is 2.60. The van der Waals surface area contributed by atoms with E-state index in [4.69, 9.17) is 10.00 Å². The summed E-state index contributed by atoms with van der Waals surface area (Å²) in [4.78, 5) is 12.2. The minimum absolute atomic E-state index is 0.0210. The smallest absolute Gasteiger partial charge is 0.338 e. The van der Waals surface area contributed by atoms with Crippen molar-refractivity contribution >= 4 is 5.97 Å². The molecule has 0 spiro atoms. The van der Waals surface area contributed by atoms with Crippen molar-refractivity contribution in [1.29, 1.82) is 5.26 Å². The number of hydrogen-bond acceptors (Lipinski definition) is 3. The van der Waals surface area contributed by atoms with Crippen LogP contribution in [0.3, 0.4) is 0 Å². The van der Waals surface area contributed by atoms with Crippen LogP contribution in [-0.4, -0.2) is 12.1 Å². The van der Waals surface area contributed by atoms with Gasteiger partial charge in [-0.3, -0.25) is 0 Å². The maximum absolute atomic E-state index is 12.2. The first kappa shape index (κ1) is 17.0. The molecule has 0 saturated heterocycles. The summed E-state index contributed by atoms with van der Waals surface area (Å²) in [5, 5.41) is 8.43. The van der Waals surface area contributed by atoms with Gasteiger partial charge in [0, 0.05) is 6.08 Å². The van der Waals surface area contributed by atoms with Crippen LogP contribution in [0.4, 0.5) is 0 Å². The number of carbonyl (C=O) groups is 1. The number of nitriles is 1. The molecule has 1 aliphatic rings. The van der Waals surface area contributed by atoms with Crippen LogP contribution in [0, 0.1) is 17.2 Å². The SMILES string of the molecule is CCc1ccc(C(=O)O[C@H]2CC[C@H](C=CC=CC#N)CC2)cc1. The van der Waals surface area contributed by atoms with E-state index in [1.165, 1.54) is 11.6 Å². The fourth-order valence-electron chi connectivity index (χ4n) is 2.81. The number of hydrogen-bond donors (Lipinski definition) is 0. The van der Waals surface area contributed by atoms with Crippen molar-refractivity contribution in [3.63, 3.8) is 0 Å². The maximum atomic E-state index is 12.2. The standard InChI is InChI=1S/C20H23NO2/c1-2-16-7-11-18(12-8-16)20(22)23-19-13-9-17(10-14-19)6-4-3-5-15-21/h3-8,11-12,17,19H,2,9-10,13-14H2,1H3/t17-,19-. The molecular formula is C20H23NO2. The Balaban J connectivity index is 1.79. The Labute approximate surface area is 138 Å². The van der Waals surface area contributed by atoms with E-state index < -0.39 is 0 Å². The number of carbonyl (C=O) groups excluding carboxylic acids is 1. The van der Waals surface area contributed by atoms with E-state index in [0.29, 0.717) is 11.5 Å². The predicted molar refractivity (Wildman–Crippen MR) is 90.9 cm³/mol.